The number of aromatic nitrogens is 1. The molecule has 6 heteroatoms. The number of carbonyl (C=O) groups is 1. The third kappa shape index (κ3) is 4.89. The van der Waals surface area contributed by atoms with E-state index in [1.54, 1.807) is 0 Å². The first-order valence-corrected chi connectivity index (χ1v) is 10.4. The van der Waals surface area contributed by atoms with Gasteiger partial charge in [-0.05, 0) is 31.5 Å². The molecular formula is C24H28N4O2. The van der Waals surface area contributed by atoms with Gasteiger partial charge in [0.05, 0.1) is 12.6 Å². The molecule has 1 saturated heterocycles. The summed E-state index contributed by atoms with van der Waals surface area (Å²) >= 11 is 0. The molecule has 0 saturated carbocycles. The zero-order valence-corrected chi connectivity index (χ0v) is 17.5. The lowest BCUT2D eigenvalue weighted by molar-refractivity contribution is 0.0934. The van der Waals surface area contributed by atoms with Gasteiger partial charge in [-0.2, -0.15) is 0 Å². The Hall–Kier alpha value is -3.12. The van der Waals surface area contributed by atoms with Crippen molar-refractivity contribution >= 4 is 11.6 Å². The summed E-state index contributed by atoms with van der Waals surface area (Å²) in [5, 5.41) is 2.98. The number of hydrogen-bond donors (Lipinski definition) is 1. The smallest absolute Gasteiger partial charge is 0.273 e. The lowest BCUT2D eigenvalue weighted by Gasteiger charge is -2.35. The van der Waals surface area contributed by atoms with Gasteiger partial charge in [-0.15, -0.1) is 0 Å². The third-order valence-corrected chi connectivity index (χ3v) is 5.56. The van der Waals surface area contributed by atoms with Gasteiger partial charge in [0.1, 0.15) is 6.26 Å². The Kier molecular flexibility index (Phi) is 6.14. The second-order valence-corrected chi connectivity index (χ2v) is 7.83. The van der Waals surface area contributed by atoms with E-state index in [2.05, 4.69) is 51.3 Å². The Bertz CT molecular complexity index is 960. The maximum absolute atomic E-state index is 12.5. The zero-order valence-electron chi connectivity index (χ0n) is 17.5. The predicted octanol–water partition coefficient (Wildman–Crippen LogP) is 3.80. The molecule has 1 atom stereocenters. The fraction of sp³-hybridized carbons (Fsp3) is 0.333. The number of amides is 1. The first kappa shape index (κ1) is 20.2. The average Bonchev–Trinajstić information content (AvgIpc) is 3.24. The molecule has 0 spiro atoms. The molecule has 1 amide bonds. The van der Waals surface area contributed by atoms with Crippen molar-refractivity contribution in [3.8, 4) is 0 Å². The van der Waals surface area contributed by atoms with E-state index in [1.807, 2.05) is 37.3 Å². The number of nitrogens with one attached hydrogen (secondary N) is 1. The van der Waals surface area contributed by atoms with Crippen molar-refractivity contribution in [2.24, 2.45) is 0 Å². The van der Waals surface area contributed by atoms with Crippen LogP contribution in [0.3, 0.4) is 0 Å². The van der Waals surface area contributed by atoms with Crippen LogP contribution in [0, 0.1) is 6.92 Å². The molecule has 1 N–H and O–H groups in total. The molecule has 1 aliphatic rings. The van der Waals surface area contributed by atoms with Gasteiger partial charge in [0.2, 0.25) is 5.89 Å². The monoisotopic (exact) mass is 404 g/mol. The van der Waals surface area contributed by atoms with Gasteiger partial charge in [-0.25, -0.2) is 4.98 Å². The van der Waals surface area contributed by atoms with Crippen molar-refractivity contribution in [2.75, 3.05) is 31.1 Å². The van der Waals surface area contributed by atoms with E-state index in [9.17, 15) is 4.79 Å². The highest BCUT2D eigenvalue weighted by Crippen LogP contribution is 2.18. The van der Waals surface area contributed by atoms with Crippen LogP contribution in [-0.2, 0) is 6.54 Å². The lowest BCUT2D eigenvalue weighted by Crippen LogP contribution is -2.46. The molecule has 2 aromatic carbocycles. The number of aryl methyl sites for hydroxylation is 1. The number of rotatable bonds is 6. The Morgan fingerprint density at radius 1 is 1.07 bits per heavy atom. The van der Waals surface area contributed by atoms with Gasteiger partial charge in [-0.3, -0.25) is 9.69 Å². The van der Waals surface area contributed by atoms with Crippen molar-refractivity contribution < 1.29 is 9.21 Å². The molecule has 0 radical (unpaired) electrons. The van der Waals surface area contributed by atoms with Crippen LogP contribution in [0.25, 0.3) is 0 Å². The number of nitrogens with zero attached hydrogens (tertiary/aromatic N) is 3. The minimum absolute atomic E-state index is 0.0892. The van der Waals surface area contributed by atoms with Gasteiger partial charge in [0.15, 0.2) is 5.69 Å². The van der Waals surface area contributed by atoms with Crippen LogP contribution in [0.15, 0.2) is 65.3 Å². The molecule has 4 rings (SSSR count). The topological polar surface area (TPSA) is 61.6 Å². The molecule has 6 nitrogen and oxygen atoms in total. The van der Waals surface area contributed by atoms with E-state index in [4.69, 9.17) is 4.42 Å². The summed E-state index contributed by atoms with van der Waals surface area (Å²) < 4.78 is 5.57. The standard InChI is InChI=1S/C24H28N4O2/c1-18-8-10-21(11-9-18)28-14-12-27(13-15-28)16-23-26-22(17-30-23)24(29)25-19(2)20-6-4-3-5-7-20/h3-11,17,19H,12-16H2,1-2H3,(H,25,29). The van der Waals surface area contributed by atoms with Crippen LogP contribution in [0.5, 0.6) is 0 Å². The summed E-state index contributed by atoms with van der Waals surface area (Å²) in [7, 11) is 0. The van der Waals surface area contributed by atoms with Crippen molar-refractivity contribution in [2.45, 2.75) is 26.4 Å². The molecule has 2 heterocycles. The van der Waals surface area contributed by atoms with E-state index < -0.39 is 0 Å². The number of benzene rings is 2. The maximum atomic E-state index is 12.5. The number of anilines is 1. The highest BCUT2D eigenvalue weighted by atomic mass is 16.3. The number of piperazine rings is 1. The van der Waals surface area contributed by atoms with Crippen molar-refractivity contribution in [1.82, 2.24) is 15.2 Å². The Morgan fingerprint density at radius 3 is 2.47 bits per heavy atom. The minimum Gasteiger partial charge on any atom is -0.447 e. The zero-order chi connectivity index (χ0) is 20.9. The fourth-order valence-corrected chi connectivity index (χ4v) is 3.69. The molecule has 156 valence electrons. The van der Waals surface area contributed by atoms with E-state index in [-0.39, 0.29) is 11.9 Å². The van der Waals surface area contributed by atoms with E-state index in [1.165, 1.54) is 17.5 Å². The number of hydrogen-bond acceptors (Lipinski definition) is 5. The molecule has 3 aromatic rings. The third-order valence-electron chi connectivity index (χ3n) is 5.56. The average molecular weight is 405 g/mol. The van der Waals surface area contributed by atoms with Crippen LogP contribution in [0.1, 0.15) is 40.5 Å². The van der Waals surface area contributed by atoms with Crippen molar-refractivity contribution in [3.63, 3.8) is 0 Å². The first-order valence-electron chi connectivity index (χ1n) is 10.4. The molecule has 1 aliphatic heterocycles. The molecular weight excluding hydrogens is 376 g/mol. The van der Waals surface area contributed by atoms with E-state index >= 15 is 0 Å². The fourth-order valence-electron chi connectivity index (χ4n) is 3.69. The van der Waals surface area contributed by atoms with Gasteiger partial charge >= 0.3 is 0 Å². The summed E-state index contributed by atoms with van der Waals surface area (Å²) in [6, 6.07) is 18.5. The van der Waals surface area contributed by atoms with Crippen molar-refractivity contribution in [3.05, 3.63) is 83.6 Å². The van der Waals surface area contributed by atoms with Crippen LogP contribution in [0.2, 0.25) is 0 Å². The molecule has 1 unspecified atom stereocenters. The SMILES string of the molecule is Cc1ccc(N2CCN(Cc3nc(C(=O)NC(C)c4ccccc4)co3)CC2)cc1. The second-order valence-electron chi connectivity index (χ2n) is 7.83. The highest BCUT2D eigenvalue weighted by molar-refractivity contribution is 5.92. The van der Waals surface area contributed by atoms with Crippen molar-refractivity contribution in [1.29, 1.82) is 0 Å². The summed E-state index contributed by atoms with van der Waals surface area (Å²) in [5.41, 5.74) is 3.93. The lowest BCUT2D eigenvalue weighted by atomic mass is 10.1. The molecule has 1 fully saturated rings. The molecule has 30 heavy (non-hydrogen) atoms. The first-order chi connectivity index (χ1) is 14.6. The summed E-state index contributed by atoms with van der Waals surface area (Å²) in [4.78, 5) is 21.6. The quantitative estimate of drug-likeness (QED) is 0.677. The normalized spacial score (nSPS) is 15.7. The van der Waals surface area contributed by atoms with E-state index in [0.29, 0.717) is 18.1 Å². The highest BCUT2D eigenvalue weighted by Gasteiger charge is 2.20. The summed E-state index contributed by atoms with van der Waals surface area (Å²) in [5.74, 6) is 0.363. The maximum Gasteiger partial charge on any atom is 0.273 e. The predicted molar refractivity (Wildman–Crippen MR) is 117 cm³/mol. The van der Waals surface area contributed by atoms with Gasteiger partial charge in [0, 0.05) is 31.9 Å². The van der Waals surface area contributed by atoms with Crippen LogP contribution in [0.4, 0.5) is 5.69 Å². The Labute approximate surface area is 177 Å². The van der Waals surface area contributed by atoms with Crippen LogP contribution in [-0.4, -0.2) is 42.0 Å². The minimum atomic E-state index is -0.217. The van der Waals surface area contributed by atoms with Gasteiger partial charge in [-0.1, -0.05) is 48.0 Å². The van der Waals surface area contributed by atoms with Gasteiger partial charge in [0.25, 0.3) is 5.91 Å². The molecule has 0 bridgehead atoms. The Balaban J connectivity index is 1.28. The number of carbonyl (C=O) groups excluding carboxylic acids is 1. The molecule has 0 aliphatic carbocycles. The largest absolute Gasteiger partial charge is 0.447 e. The summed E-state index contributed by atoms with van der Waals surface area (Å²) in [6.07, 6.45) is 1.45. The summed E-state index contributed by atoms with van der Waals surface area (Å²) in [6.45, 7) is 8.48. The van der Waals surface area contributed by atoms with Gasteiger partial charge < -0.3 is 14.6 Å². The van der Waals surface area contributed by atoms with Crippen LogP contribution < -0.4 is 10.2 Å². The molecule has 1 aromatic heterocycles. The number of oxazole rings is 1. The van der Waals surface area contributed by atoms with E-state index in [0.717, 1.165) is 31.7 Å². The van der Waals surface area contributed by atoms with Crippen LogP contribution >= 0.6 is 0 Å². The second kappa shape index (κ2) is 9.13. The Morgan fingerprint density at radius 2 is 1.77 bits per heavy atom.